The summed E-state index contributed by atoms with van der Waals surface area (Å²) in [6, 6.07) is 7.90. The Balaban J connectivity index is 2.17. The molecule has 0 aliphatic carbocycles. The van der Waals surface area contributed by atoms with Crippen LogP contribution in [0.2, 0.25) is 0 Å². The maximum Gasteiger partial charge on any atom is 0.348 e. The summed E-state index contributed by atoms with van der Waals surface area (Å²) >= 11 is 1.57. The van der Waals surface area contributed by atoms with Gasteiger partial charge in [-0.1, -0.05) is 12.1 Å². The Morgan fingerprint density at radius 3 is 3.16 bits per heavy atom. The van der Waals surface area contributed by atoms with Crippen LogP contribution in [0.5, 0.6) is 0 Å². The highest BCUT2D eigenvalue weighted by Crippen LogP contribution is 2.26. The molecule has 1 unspecified atom stereocenters. The first-order valence-electron chi connectivity index (χ1n) is 6.09. The van der Waals surface area contributed by atoms with E-state index in [0.717, 1.165) is 16.2 Å². The van der Waals surface area contributed by atoms with Gasteiger partial charge in [-0.25, -0.2) is 13.9 Å². The summed E-state index contributed by atoms with van der Waals surface area (Å²) in [5.41, 5.74) is 2.03. The number of rotatable bonds is 2. The largest absolute Gasteiger partial charge is 0.466 e. The molecule has 19 heavy (non-hydrogen) atoms. The number of aliphatic hydroxyl groups is 1. The lowest BCUT2D eigenvalue weighted by molar-refractivity contribution is -0.717. The van der Waals surface area contributed by atoms with Crippen molar-refractivity contribution in [2.75, 3.05) is 12.9 Å². The average molecular weight is 279 g/mol. The van der Waals surface area contributed by atoms with Gasteiger partial charge in [-0.2, -0.15) is 0 Å². The number of aromatic nitrogens is 2. The van der Waals surface area contributed by atoms with Crippen molar-refractivity contribution in [1.82, 2.24) is 4.57 Å². The molecule has 2 heterocycles. The fourth-order valence-corrected chi connectivity index (χ4v) is 3.48. The van der Waals surface area contributed by atoms with E-state index in [-0.39, 0.29) is 18.6 Å². The summed E-state index contributed by atoms with van der Waals surface area (Å²) in [6.07, 6.45) is -0.347. The van der Waals surface area contributed by atoms with Gasteiger partial charge in [-0.3, -0.25) is 0 Å². The van der Waals surface area contributed by atoms with Crippen LogP contribution in [0.1, 0.15) is 0 Å². The molecular weight excluding hydrogens is 264 g/mol. The van der Waals surface area contributed by atoms with Gasteiger partial charge < -0.3 is 9.84 Å². The zero-order valence-electron chi connectivity index (χ0n) is 10.6. The summed E-state index contributed by atoms with van der Waals surface area (Å²) in [6.45, 7) is 0.763. The molecule has 0 saturated heterocycles. The number of fused-ring (bicyclic) bond motifs is 3. The van der Waals surface area contributed by atoms with Crippen molar-refractivity contribution in [2.45, 2.75) is 24.3 Å². The molecule has 1 atom stereocenters. The maximum atomic E-state index is 11.6. The molecule has 0 amide bonds. The second-order valence-electron chi connectivity index (χ2n) is 4.51. The zero-order valence-corrected chi connectivity index (χ0v) is 11.4. The molecule has 1 aliphatic heterocycles. The first kappa shape index (κ1) is 12.5. The van der Waals surface area contributed by atoms with Crippen LogP contribution in [0.4, 0.5) is 0 Å². The number of hydrogen-bond donors (Lipinski definition) is 1. The zero-order chi connectivity index (χ0) is 13.4. The van der Waals surface area contributed by atoms with E-state index < -0.39 is 0 Å². The van der Waals surface area contributed by atoms with E-state index in [4.69, 9.17) is 4.74 Å². The third-order valence-corrected chi connectivity index (χ3v) is 4.49. The first-order chi connectivity index (χ1) is 9.20. The number of thioether (sulfide) groups is 1. The number of carbonyl (C=O) groups excluding carboxylic acids is 1. The van der Waals surface area contributed by atoms with E-state index in [1.807, 2.05) is 28.8 Å². The Hall–Kier alpha value is -1.53. The van der Waals surface area contributed by atoms with Crippen LogP contribution in [0.3, 0.4) is 0 Å². The highest BCUT2D eigenvalue weighted by atomic mass is 32.2. The molecule has 6 heteroatoms. The molecule has 2 aromatic rings. The van der Waals surface area contributed by atoms with Gasteiger partial charge in [0.25, 0.3) is 0 Å². The molecule has 0 saturated carbocycles. The smallest absolute Gasteiger partial charge is 0.348 e. The van der Waals surface area contributed by atoms with Crippen LogP contribution < -0.4 is 4.57 Å². The maximum absolute atomic E-state index is 11.6. The lowest BCUT2D eigenvalue weighted by Gasteiger charge is -2.14. The minimum atomic E-state index is -0.347. The van der Waals surface area contributed by atoms with Crippen molar-refractivity contribution >= 4 is 28.8 Å². The number of nitrogens with zero attached hydrogens (tertiary/aromatic N) is 2. The van der Waals surface area contributed by atoms with Gasteiger partial charge in [0, 0.05) is 5.75 Å². The number of imidazole rings is 1. The SMILES string of the molecule is COC(=O)Cn1c2[n+](c3ccccc31)CC(O)CS2. The molecule has 100 valence electrons. The van der Waals surface area contributed by atoms with Crippen molar-refractivity contribution in [3.05, 3.63) is 24.3 Å². The lowest BCUT2D eigenvalue weighted by atomic mass is 10.3. The molecular formula is C13H15N2O3S+. The number of methoxy groups -OCH3 is 1. The molecule has 1 aromatic carbocycles. The van der Waals surface area contributed by atoms with Crippen LogP contribution >= 0.6 is 11.8 Å². The van der Waals surface area contributed by atoms with Crippen molar-refractivity contribution in [3.63, 3.8) is 0 Å². The number of benzene rings is 1. The molecule has 0 fully saturated rings. The second-order valence-corrected chi connectivity index (χ2v) is 5.50. The minimum Gasteiger partial charge on any atom is -0.466 e. The van der Waals surface area contributed by atoms with Crippen LogP contribution in [0, 0.1) is 0 Å². The molecule has 1 aliphatic rings. The van der Waals surface area contributed by atoms with Gasteiger partial charge in [0.05, 0.1) is 7.11 Å². The third-order valence-electron chi connectivity index (χ3n) is 3.24. The molecule has 1 N–H and O–H groups in total. The normalized spacial score (nSPS) is 18.3. The standard InChI is InChI=1S/C13H15N2O3S/c1-18-12(17)7-15-11-5-3-2-4-10(11)14-6-9(16)8-19-13(14)15/h2-5,9,16H,6-8H2,1H3/q+1. The Morgan fingerprint density at radius 1 is 1.58 bits per heavy atom. The highest BCUT2D eigenvalue weighted by Gasteiger charge is 2.32. The number of carbonyl (C=O) groups is 1. The van der Waals surface area contributed by atoms with Crippen molar-refractivity contribution < 1.29 is 19.2 Å². The Morgan fingerprint density at radius 2 is 2.37 bits per heavy atom. The summed E-state index contributed by atoms with van der Waals surface area (Å²) in [5, 5.41) is 10.8. The average Bonchev–Trinajstić information content (AvgIpc) is 2.73. The van der Waals surface area contributed by atoms with Gasteiger partial charge >= 0.3 is 11.1 Å². The summed E-state index contributed by atoms with van der Waals surface area (Å²) < 4.78 is 8.78. The van der Waals surface area contributed by atoms with Crippen LogP contribution in [-0.2, 0) is 22.6 Å². The van der Waals surface area contributed by atoms with Crippen LogP contribution in [0.15, 0.2) is 29.4 Å². The fourth-order valence-electron chi connectivity index (χ4n) is 2.39. The monoisotopic (exact) mass is 279 g/mol. The van der Waals surface area contributed by atoms with Gasteiger partial charge in [0.1, 0.15) is 12.6 Å². The number of ether oxygens (including phenoxy) is 1. The van der Waals surface area contributed by atoms with Gasteiger partial charge in [-0.15, -0.1) is 0 Å². The summed E-state index contributed by atoms with van der Waals surface area (Å²) in [4.78, 5) is 11.6. The Kier molecular flexibility index (Phi) is 3.20. The number of hydrogen-bond acceptors (Lipinski definition) is 4. The van der Waals surface area contributed by atoms with E-state index in [0.29, 0.717) is 12.3 Å². The van der Waals surface area contributed by atoms with Crippen molar-refractivity contribution in [1.29, 1.82) is 0 Å². The van der Waals surface area contributed by atoms with E-state index in [9.17, 15) is 9.90 Å². The number of esters is 1. The van der Waals surface area contributed by atoms with E-state index >= 15 is 0 Å². The number of para-hydroxylation sites is 2. The van der Waals surface area contributed by atoms with Gasteiger partial charge in [0.2, 0.25) is 0 Å². The molecule has 5 nitrogen and oxygen atoms in total. The second kappa shape index (κ2) is 4.86. The van der Waals surface area contributed by atoms with Gasteiger partial charge in [0.15, 0.2) is 17.6 Å². The van der Waals surface area contributed by atoms with Crippen LogP contribution in [-0.4, -0.2) is 34.6 Å². The van der Waals surface area contributed by atoms with Crippen LogP contribution in [0.25, 0.3) is 11.0 Å². The first-order valence-corrected chi connectivity index (χ1v) is 7.08. The Bertz CT molecular complexity index is 638. The minimum absolute atomic E-state index is 0.197. The molecule has 0 spiro atoms. The van der Waals surface area contributed by atoms with Gasteiger partial charge in [-0.05, 0) is 23.9 Å². The number of aliphatic hydroxyl groups excluding tert-OH is 1. The highest BCUT2D eigenvalue weighted by molar-refractivity contribution is 7.99. The van der Waals surface area contributed by atoms with Crippen molar-refractivity contribution in [3.8, 4) is 0 Å². The summed E-state index contributed by atoms with van der Waals surface area (Å²) in [7, 11) is 1.39. The van der Waals surface area contributed by atoms with E-state index in [1.165, 1.54) is 7.11 Å². The molecule has 3 rings (SSSR count). The summed E-state index contributed by atoms with van der Waals surface area (Å²) in [5.74, 6) is 0.383. The quantitative estimate of drug-likeness (QED) is 0.645. The van der Waals surface area contributed by atoms with E-state index in [2.05, 4.69) is 4.57 Å². The molecule has 0 bridgehead atoms. The fraction of sp³-hybridized carbons (Fsp3) is 0.385. The Labute approximate surface area is 114 Å². The predicted octanol–water partition coefficient (Wildman–Crippen LogP) is 0.568. The van der Waals surface area contributed by atoms with Crippen molar-refractivity contribution in [2.24, 2.45) is 0 Å². The predicted molar refractivity (Wildman–Crippen MR) is 70.9 cm³/mol. The topological polar surface area (TPSA) is 55.3 Å². The molecule has 1 aromatic heterocycles. The lowest BCUT2D eigenvalue weighted by Crippen LogP contribution is -2.45. The third kappa shape index (κ3) is 2.11. The van der Waals surface area contributed by atoms with E-state index in [1.54, 1.807) is 11.8 Å². The molecule has 0 radical (unpaired) electrons.